The van der Waals surface area contributed by atoms with E-state index in [1.54, 1.807) is 66.1 Å². The highest BCUT2D eigenvalue weighted by molar-refractivity contribution is 7.98. The van der Waals surface area contributed by atoms with Crippen LogP contribution in [-0.2, 0) is 73.1 Å². The lowest BCUT2D eigenvalue weighted by molar-refractivity contribution is -0.150. The van der Waals surface area contributed by atoms with Gasteiger partial charge in [-0.3, -0.25) is 28.8 Å². The van der Waals surface area contributed by atoms with Crippen molar-refractivity contribution in [3.05, 3.63) is 54.0 Å². The lowest BCUT2D eigenvalue weighted by atomic mass is 9.89. The molecule has 4 N–H and O–H groups in total. The van der Waals surface area contributed by atoms with Crippen LogP contribution in [0.4, 0.5) is 0 Å². The quantitative estimate of drug-likeness (QED) is 0.0545. The SMILES string of the molecule is CC[C@H](C)[C@@H]([C@@H](CC(=O)N1CCC[C@H]1[C@H](OC)[C@@H](C)C(=O)N[C@@H](Cc1ccccc1)C(=O)O)OC)N(C)C(=O)[C@@H](NC(=O)[C@]1(C)CCCN1C(=O)CCOCCOCCOCCOCCOCCOCCNC(=O)c1cnc(SC)cn1)C(C)C. The van der Waals surface area contributed by atoms with Crippen molar-refractivity contribution in [3.63, 3.8) is 0 Å². The van der Waals surface area contributed by atoms with Gasteiger partial charge in [0.25, 0.3) is 5.91 Å². The van der Waals surface area contributed by atoms with Gasteiger partial charge in [0.15, 0.2) is 0 Å². The van der Waals surface area contributed by atoms with E-state index in [9.17, 15) is 38.7 Å². The summed E-state index contributed by atoms with van der Waals surface area (Å²) in [6, 6.07) is 5.86. The van der Waals surface area contributed by atoms with E-state index in [0.717, 1.165) is 10.6 Å². The second-order valence-corrected chi connectivity index (χ2v) is 22.7. The maximum Gasteiger partial charge on any atom is 0.326 e. The van der Waals surface area contributed by atoms with Gasteiger partial charge in [0.05, 0.1) is 135 Å². The summed E-state index contributed by atoms with van der Waals surface area (Å²) in [5.74, 6) is -4.51. The molecule has 2 saturated heterocycles. The zero-order valence-corrected chi connectivity index (χ0v) is 52.5. The molecule has 25 heteroatoms. The monoisotopic (exact) mass is 1220 g/mol. The van der Waals surface area contributed by atoms with Crippen LogP contribution in [0.2, 0.25) is 0 Å². The second kappa shape index (κ2) is 38.7. The molecule has 2 aliphatic rings. The van der Waals surface area contributed by atoms with Crippen LogP contribution in [0.1, 0.15) is 103 Å². The van der Waals surface area contributed by atoms with Gasteiger partial charge in [-0.1, -0.05) is 71.4 Å². The number of methoxy groups -OCH3 is 2. The van der Waals surface area contributed by atoms with Gasteiger partial charge in [-0.15, -0.1) is 11.8 Å². The molecule has 0 saturated carbocycles. The fraction of sp³-hybridized carbons (Fsp3) is 0.717. The van der Waals surface area contributed by atoms with Crippen molar-refractivity contribution < 1.29 is 76.6 Å². The average Bonchev–Trinajstić information content (AvgIpc) is 2.86. The third-order valence-electron chi connectivity index (χ3n) is 15.7. The summed E-state index contributed by atoms with van der Waals surface area (Å²) in [7, 11) is 4.66. The van der Waals surface area contributed by atoms with Gasteiger partial charge in [0.2, 0.25) is 29.5 Å². The highest BCUT2D eigenvalue weighted by Crippen LogP contribution is 2.32. The maximum absolute atomic E-state index is 14.7. The van der Waals surface area contributed by atoms with Crippen LogP contribution in [-0.4, -0.2) is 240 Å². The van der Waals surface area contributed by atoms with Crippen LogP contribution < -0.4 is 16.0 Å². The lowest BCUT2D eigenvalue weighted by Gasteiger charge is -2.41. The van der Waals surface area contributed by atoms with Crippen molar-refractivity contribution >= 4 is 53.2 Å². The Kier molecular flexibility index (Phi) is 32.8. The van der Waals surface area contributed by atoms with Gasteiger partial charge in [-0.05, 0) is 56.3 Å². The predicted molar refractivity (Wildman–Crippen MR) is 318 cm³/mol. The Balaban J connectivity index is 1.15. The molecule has 4 rings (SSSR count). The molecule has 0 radical (unpaired) electrons. The number of hydrogen-bond donors (Lipinski definition) is 4. The summed E-state index contributed by atoms with van der Waals surface area (Å²) in [4.78, 5) is 108. The minimum Gasteiger partial charge on any atom is -0.480 e. The van der Waals surface area contributed by atoms with Gasteiger partial charge in [-0.2, -0.15) is 0 Å². The van der Waals surface area contributed by atoms with E-state index in [-0.39, 0.29) is 73.6 Å². The zero-order valence-electron chi connectivity index (χ0n) is 51.7. The molecular formula is C60H96N8O16S. The number of carbonyl (C=O) groups excluding carboxylic acids is 6. The van der Waals surface area contributed by atoms with Crippen LogP contribution in [0.3, 0.4) is 0 Å². The number of carbonyl (C=O) groups is 7. The number of likely N-dealkylation sites (tertiary alicyclic amines) is 2. The van der Waals surface area contributed by atoms with E-state index in [1.165, 1.54) is 32.2 Å². The molecule has 3 heterocycles. The summed E-state index contributed by atoms with van der Waals surface area (Å²) < 4.78 is 45.4. The summed E-state index contributed by atoms with van der Waals surface area (Å²) >= 11 is 1.45. The van der Waals surface area contributed by atoms with Crippen LogP contribution in [0.5, 0.6) is 0 Å². The number of carboxylic acid groups (broad SMARTS) is 1. The number of nitrogens with zero attached hydrogens (tertiary/aromatic N) is 5. The minimum atomic E-state index is -1.20. The number of rotatable bonds is 42. The molecule has 6 amide bonds. The van der Waals surface area contributed by atoms with Crippen LogP contribution >= 0.6 is 11.8 Å². The molecule has 478 valence electrons. The fourth-order valence-electron chi connectivity index (χ4n) is 10.7. The molecule has 0 aliphatic carbocycles. The van der Waals surface area contributed by atoms with Crippen molar-refractivity contribution in [1.82, 2.24) is 40.6 Å². The number of amides is 6. The topological polar surface area (TPSA) is 285 Å². The van der Waals surface area contributed by atoms with Crippen molar-refractivity contribution in [3.8, 4) is 0 Å². The van der Waals surface area contributed by atoms with Crippen molar-refractivity contribution in [2.24, 2.45) is 17.8 Å². The third kappa shape index (κ3) is 23.0. The van der Waals surface area contributed by atoms with Gasteiger partial charge >= 0.3 is 5.97 Å². The van der Waals surface area contributed by atoms with Crippen molar-refractivity contribution in [2.75, 3.05) is 126 Å². The van der Waals surface area contributed by atoms with E-state index < -0.39 is 65.6 Å². The number of ether oxygens (including phenoxy) is 8. The maximum atomic E-state index is 14.7. The van der Waals surface area contributed by atoms with Crippen LogP contribution in [0.25, 0.3) is 0 Å². The molecule has 9 atom stereocenters. The Morgan fingerprint density at radius 2 is 1.38 bits per heavy atom. The lowest BCUT2D eigenvalue weighted by Crippen LogP contribution is -2.62. The first-order chi connectivity index (χ1) is 40.8. The molecule has 2 aromatic rings. The van der Waals surface area contributed by atoms with Gasteiger partial charge in [0.1, 0.15) is 28.3 Å². The number of benzene rings is 1. The number of hydrogen-bond acceptors (Lipinski definition) is 18. The van der Waals surface area contributed by atoms with E-state index in [1.807, 2.05) is 40.0 Å². The van der Waals surface area contributed by atoms with Crippen molar-refractivity contribution in [1.29, 1.82) is 0 Å². The number of thioether (sulfide) groups is 1. The molecule has 24 nitrogen and oxygen atoms in total. The first-order valence-electron chi connectivity index (χ1n) is 29.7. The third-order valence-corrected chi connectivity index (χ3v) is 16.4. The second-order valence-electron chi connectivity index (χ2n) is 21.9. The summed E-state index contributed by atoms with van der Waals surface area (Å²) in [6.45, 7) is 16.4. The van der Waals surface area contributed by atoms with Gasteiger partial charge in [-0.25, -0.2) is 14.8 Å². The molecule has 2 aliphatic heterocycles. The zero-order chi connectivity index (χ0) is 62.3. The van der Waals surface area contributed by atoms with E-state index >= 15 is 0 Å². The largest absolute Gasteiger partial charge is 0.480 e. The van der Waals surface area contributed by atoms with Crippen LogP contribution in [0.15, 0.2) is 47.8 Å². The molecule has 85 heavy (non-hydrogen) atoms. The standard InChI is InChI=1S/C60H96N8O16S/c1-11-42(4)53(48(77-8)38-51(70)67-23-15-19-47(67)54(78-9)43(5)55(71)64-45(58(74)75)37-44-17-13-12-14-18-44)66(7)57(73)52(41(2)3)65-59(76)60(6)21-16-24-68(60)50(69)20-25-79-27-29-81-31-33-83-35-36-84-34-32-82-30-28-80-26-22-61-56(72)46-39-63-49(85-10)40-62-46/h12-14,17-18,39-43,45,47-48,52-54H,11,15-16,19-38H2,1-10H3,(H,61,72)(H,64,71)(H,65,76)(H,74,75)/t42-,43+,45-,47-,48+,52-,53-,54+,60-/m0/s1. The van der Waals surface area contributed by atoms with E-state index in [2.05, 4.69) is 25.9 Å². The molecule has 0 bridgehead atoms. The smallest absolute Gasteiger partial charge is 0.326 e. The Morgan fingerprint density at radius 1 is 0.776 bits per heavy atom. The van der Waals surface area contributed by atoms with Crippen molar-refractivity contribution in [2.45, 2.75) is 140 Å². The highest BCUT2D eigenvalue weighted by atomic mass is 32.2. The van der Waals surface area contributed by atoms with E-state index in [0.29, 0.717) is 118 Å². The Morgan fingerprint density at radius 3 is 1.91 bits per heavy atom. The Bertz CT molecular complexity index is 2340. The average molecular weight is 1220 g/mol. The highest BCUT2D eigenvalue weighted by Gasteiger charge is 2.48. The number of nitrogens with one attached hydrogen (secondary N) is 3. The van der Waals surface area contributed by atoms with Gasteiger partial charge < -0.3 is 73.7 Å². The normalized spacial score (nSPS) is 18.5. The number of likely N-dealkylation sites (N-methyl/N-ethyl adjacent to an activating group) is 1. The fourth-order valence-corrected chi connectivity index (χ4v) is 11.0. The number of aromatic nitrogens is 2. The molecule has 2 fully saturated rings. The van der Waals surface area contributed by atoms with Crippen LogP contribution in [0, 0.1) is 17.8 Å². The Labute approximate surface area is 506 Å². The summed E-state index contributed by atoms with van der Waals surface area (Å²) in [5.41, 5.74) is -0.188. The Hall–Kier alpha value is -5.38. The molecule has 0 spiro atoms. The predicted octanol–water partition coefficient (Wildman–Crippen LogP) is 3.67. The van der Waals surface area contributed by atoms with E-state index in [4.69, 9.17) is 37.9 Å². The summed E-state index contributed by atoms with van der Waals surface area (Å²) in [5, 5.41) is 19.2. The number of aliphatic carboxylic acids is 1. The molecule has 0 unspecified atom stereocenters. The molecule has 1 aromatic carbocycles. The first kappa shape index (κ1) is 72.1. The van der Waals surface area contributed by atoms with Gasteiger partial charge in [0, 0.05) is 47.3 Å². The first-order valence-corrected chi connectivity index (χ1v) is 31.0. The molecule has 1 aromatic heterocycles. The minimum absolute atomic E-state index is 0.0569. The number of carboxylic acids is 1. The summed E-state index contributed by atoms with van der Waals surface area (Å²) in [6.07, 6.45) is 6.38. The molecular weight excluding hydrogens is 1120 g/mol.